The highest BCUT2D eigenvalue weighted by Gasteiger charge is 1.92. The molecule has 0 unspecified atom stereocenters. The molecule has 0 aliphatic rings. The summed E-state index contributed by atoms with van der Waals surface area (Å²) in [6.45, 7) is 4.18. The molecule has 23 heavy (non-hydrogen) atoms. The Labute approximate surface area is 139 Å². The van der Waals surface area contributed by atoms with E-state index in [1.54, 1.807) is 6.21 Å². The monoisotopic (exact) mass is 304 g/mol. The van der Waals surface area contributed by atoms with Crippen LogP contribution in [0.25, 0.3) is 6.08 Å². The highest BCUT2D eigenvalue weighted by Crippen LogP contribution is 2.15. The lowest BCUT2D eigenvalue weighted by Gasteiger charge is -1.98. The van der Waals surface area contributed by atoms with E-state index in [2.05, 4.69) is 41.2 Å². The maximum Gasteiger partial charge on any atom is 0.0633 e. The first-order valence-electron chi connectivity index (χ1n) is 8.19. The summed E-state index contributed by atoms with van der Waals surface area (Å²) in [5.74, 6) is 0. The van der Waals surface area contributed by atoms with E-state index in [0.29, 0.717) is 0 Å². The summed E-state index contributed by atoms with van der Waals surface area (Å²) in [7, 11) is 0. The molecule has 0 N–H and O–H groups in total. The first-order chi connectivity index (χ1) is 11.3. The van der Waals surface area contributed by atoms with Crippen molar-refractivity contribution < 1.29 is 0 Å². The summed E-state index contributed by atoms with van der Waals surface area (Å²) in [5.41, 5.74) is 4.00. The molecule has 0 atom stereocenters. The molecule has 0 aliphatic carbocycles. The molecule has 2 aromatic rings. The van der Waals surface area contributed by atoms with Gasteiger partial charge in [-0.15, -0.1) is 0 Å². The van der Waals surface area contributed by atoms with Crippen LogP contribution in [-0.2, 0) is 0 Å². The molecule has 0 aliphatic heterocycles. The molecular formula is C21H24N2. The van der Waals surface area contributed by atoms with E-state index < -0.39 is 0 Å². The Morgan fingerprint density at radius 3 is 2.39 bits per heavy atom. The van der Waals surface area contributed by atoms with Crippen LogP contribution >= 0.6 is 0 Å². The number of nitrogens with zero attached hydrogens (tertiary/aromatic N) is 2. The molecule has 0 saturated carbocycles. The topological polar surface area (TPSA) is 24.7 Å². The number of para-hydroxylation sites is 1. The molecule has 2 nitrogen and oxygen atoms in total. The second kappa shape index (κ2) is 9.52. The summed E-state index contributed by atoms with van der Waals surface area (Å²) in [5, 5.41) is 0. The largest absolute Gasteiger partial charge is 0.255 e. The number of benzene rings is 2. The van der Waals surface area contributed by atoms with Crippen molar-refractivity contribution in [2.45, 2.75) is 33.1 Å². The molecule has 0 fully saturated rings. The van der Waals surface area contributed by atoms with Gasteiger partial charge in [0.2, 0.25) is 0 Å². The molecule has 0 heterocycles. The van der Waals surface area contributed by atoms with Crippen molar-refractivity contribution in [3.05, 3.63) is 66.2 Å². The first kappa shape index (κ1) is 16.9. The Morgan fingerprint density at radius 2 is 1.70 bits per heavy atom. The van der Waals surface area contributed by atoms with Gasteiger partial charge in [0, 0.05) is 6.21 Å². The fourth-order valence-corrected chi connectivity index (χ4v) is 2.12. The average Bonchev–Trinajstić information content (AvgIpc) is 2.59. The number of hydrogen-bond acceptors (Lipinski definition) is 2. The van der Waals surface area contributed by atoms with Crippen LogP contribution in [-0.4, -0.2) is 11.9 Å². The van der Waals surface area contributed by atoms with Gasteiger partial charge in [-0.3, -0.25) is 9.98 Å². The van der Waals surface area contributed by atoms with Crippen LogP contribution in [0.5, 0.6) is 0 Å². The molecule has 0 saturated heterocycles. The van der Waals surface area contributed by atoms with Gasteiger partial charge in [0.25, 0.3) is 0 Å². The van der Waals surface area contributed by atoms with Crippen molar-refractivity contribution in [2.75, 3.05) is 0 Å². The molecule has 118 valence electrons. The quantitative estimate of drug-likeness (QED) is 0.418. The Morgan fingerprint density at radius 1 is 0.957 bits per heavy atom. The lowest BCUT2D eigenvalue weighted by molar-refractivity contribution is 0.816. The normalized spacial score (nSPS) is 12.3. The van der Waals surface area contributed by atoms with E-state index in [1.807, 2.05) is 49.4 Å². The number of unbranched alkanes of at least 4 members (excludes halogenated alkanes) is 2. The van der Waals surface area contributed by atoms with Crippen molar-refractivity contribution >= 4 is 29.4 Å². The second-order valence-corrected chi connectivity index (χ2v) is 5.48. The maximum absolute atomic E-state index is 4.57. The molecule has 0 bridgehead atoms. The number of hydrogen-bond donors (Lipinski definition) is 0. The first-order valence-corrected chi connectivity index (χ1v) is 8.19. The van der Waals surface area contributed by atoms with Crippen LogP contribution in [0.3, 0.4) is 0 Å². The maximum atomic E-state index is 4.57. The zero-order chi connectivity index (χ0) is 16.3. The minimum absolute atomic E-state index is 0.889. The molecule has 0 spiro atoms. The molecule has 0 radical (unpaired) electrons. The summed E-state index contributed by atoms with van der Waals surface area (Å²) in [4.78, 5) is 8.98. The predicted octanol–water partition coefficient (Wildman–Crippen LogP) is 6.38. The molecule has 2 rings (SSSR count). The van der Waals surface area contributed by atoms with Crippen LogP contribution in [0.15, 0.2) is 70.7 Å². The molecule has 2 heteroatoms. The number of rotatable bonds is 7. The van der Waals surface area contributed by atoms with Gasteiger partial charge in [0.1, 0.15) is 0 Å². The van der Waals surface area contributed by atoms with E-state index >= 15 is 0 Å². The van der Waals surface area contributed by atoms with Gasteiger partial charge in [-0.2, -0.15) is 0 Å². The van der Waals surface area contributed by atoms with Crippen LogP contribution in [0, 0.1) is 0 Å². The van der Waals surface area contributed by atoms with Crippen molar-refractivity contribution in [1.29, 1.82) is 0 Å². The third-order valence-corrected chi connectivity index (χ3v) is 3.39. The van der Waals surface area contributed by atoms with Crippen LogP contribution in [0.4, 0.5) is 11.4 Å². The van der Waals surface area contributed by atoms with Gasteiger partial charge in [-0.05, 0) is 43.2 Å². The van der Waals surface area contributed by atoms with Gasteiger partial charge < -0.3 is 0 Å². The predicted molar refractivity (Wildman–Crippen MR) is 102 cm³/mol. The Kier molecular flexibility index (Phi) is 6.99. The molecule has 2 aromatic carbocycles. The third-order valence-electron chi connectivity index (χ3n) is 3.39. The standard InChI is InChI=1S/C21H24N2/c1-3-4-5-7-10-19-13-15-21(16-14-19)23-18(2)17-22-20-11-8-6-9-12-20/h6-17H,3-5H2,1-2H3/b10-7+,22-17?,23-18?. The summed E-state index contributed by atoms with van der Waals surface area (Å²) in [6.07, 6.45) is 9.84. The van der Waals surface area contributed by atoms with Crippen molar-refractivity contribution in [2.24, 2.45) is 9.98 Å². The minimum atomic E-state index is 0.889. The summed E-state index contributed by atoms with van der Waals surface area (Å²) in [6, 6.07) is 18.2. The minimum Gasteiger partial charge on any atom is -0.255 e. The van der Waals surface area contributed by atoms with Gasteiger partial charge in [0.15, 0.2) is 0 Å². The van der Waals surface area contributed by atoms with Crippen molar-refractivity contribution in [3.8, 4) is 0 Å². The second-order valence-electron chi connectivity index (χ2n) is 5.48. The van der Waals surface area contributed by atoms with Gasteiger partial charge in [-0.1, -0.05) is 62.2 Å². The van der Waals surface area contributed by atoms with Gasteiger partial charge in [-0.25, -0.2) is 0 Å². The molecule has 0 aromatic heterocycles. The highest BCUT2D eigenvalue weighted by atomic mass is 14.8. The van der Waals surface area contributed by atoms with E-state index in [-0.39, 0.29) is 0 Å². The highest BCUT2D eigenvalue weighted by molar-refractivity contribution is 6.30. The lowest BCUT2D eigenvalue weighted by Crippen LogP contribution is -1.90. The Hall–Kier alpha value is -2.48. The zero-order valence-corrected chi connectivity index (χ0v) is 13.9. The van der Waals surface area contributed by atoms with E-state index in [4.69, 9.17) is 0 Å². The SMILES string of the molecule is CCCC/C=C/c1ccc(N=C(C)C=Nc2ccccc2)cc1. The van der Waals surface area contributed by atoms with Crippen LogP contribution in [0.2, 0.25) is 0 Å². The summed E-state index contributed by atoms with van der Waals surface area (Å²) >= 11 is 0. The third kappa shape index (κ3) is 6.43. The Balaban J connectivity index is 1.96. The van der Waals surface area contributed by atoms with Crippen LogP contribution < -0.4 is 0 Å². The van der Waals surface area contributed by atoms with E-state index in [1.165, 1.54) is 18.4 Å². The molecule has 0 amide bonds. The number of allylic oxidation sites excluding steroid dienone is 1. The Bertz CT molecular complexity index is 665. The number of aliphatic imine (C=N–C) groups is 2. The van der Waals surface area contributed by atoms with Crippen molar-refractivity contribution in [3.63, 3.8) is 0 Å². The van der Waals surface area contributed by atoms with Gasteiger partial charge in [0.05, 0.1) is 17.1 Å². The fourth-order valence-electron chi connectivity index (χ4n) is 2.12. The van der Waals surface area contributed by atoms with E-state index in [0.717, 1.165) is 23.5 Å². The smallest absolute Gasteiger partial charge is 0.0633 e. The zero-order valence-electron chi connectivity index (χ0n) is 13.9. The van der Waals surface area contributed by atoms with Crippen LogP contribution in [0.1, 0.15) is 38.7 Å². The lowest BCUT2D eigenvalue weighted by atomic mass is 10.1. The van der Waals surface area contributed by atoms with Gasteiger partial charge >= 0.3 is 0 Å². The van der Waals surface area contributed by atoms with E-state index in [9.17, 15) is 0 Å². The van der Waals surface area contributed by atoms with Crippen molar-refractivity contribution in [1.82, 2.24) is 0 Å². The summed E-state index contributed by atoms with van der Waals surface area (Å²) < 4.78 is 0. The fraction of sp³-hybridized carbons (Fsp3) is 0.238. The average molecular weight is 304 g/mol. The molecular weight excluding hydrogens is 280 g/mol.